The van der Waals surface area contributed by atoms with Crippen LogP contribution in [0.2, 0.25) is 5.02 Å². The van der Waals surface area contributed by atoms with Crippen molar-refractivity contribution in [2.45, 2.75) is 31.4 Å². The van der Waals surface area contributed by atoms with Crippen LogP contribution in [-0.2, 0) is 11.0 Å². The zero-order valence-electron chi connectivity index (χ0n) is 18.4. The molecule has 2 aliphatic rings. The summed E-state index contributed by atoms with van der Waals surface area (Å²) in [5.41, 5.74) is -2.24. The molecule has 2 aromatic rings. The molecule has 0 saturated carbocycles. The van der Waals surface area contributed by atoms with Gasteiger partial charge in [-0.2, -0.15) is 18.3 Å². The van der Waals surface area contributed by atoms with Crippen molar-refractivity contribution in [3.63, 3.8) is 0 Å². The number of hydrogen-bond donors (Lipinski definition) is 1. The lowest BCUT2D eigenvalue weighted by Gasteiger charge is -2.36. The van der Waals surface area contributed by atoms with Crippen molar-refractivity contribution in [1.82, 2.24) is 30.0 Å². The lowest BCUT2D eigenvalue weighted by atomic mass is 9.93. The summed E-state index contributed by atoms with van der Waals surface area (Å²) in [5, 5.41) is 6.30. The van der Waals surface area contributed by atoms with Crippen LogP contribution in [0.3, 0.4) is 0 Å². The Morgan fingerprint density at radius 2 is 1.85 bits per heavy atom. The maximum Gasteiger partial charge on any atom is 0.421 e. The average Bonchev–Trinajstić information content (AvgIpc) is 2.83. The van der Waals surface area contributed by atoms with E-state index in [0.29, 0.717) is 63.1 Å². The third kappa shape index (κ3) is 5.84. The quantitative estimate of drug-likeness (QED) is 0.673. The van der Waals surface area contributed by atoms with Crippen molar-refractivity contribution >= 4 is 23.5 Å². The number of nitrogens with one attached hydrogen (secondary N) is 1. The summed E-state index contributed by atoms with van der Waals surface area (Å²) in [5.74, 6) is 0.394. The molecule has 0 radical (unpaired) electrons. The van der Waals surface area contributed by atoms with Gasteiger partial charge in [0, 0.05) is 51.6 Å². The molecule has 4 heterocycles. The number of alkyl halides is 3. The van der Waals surface area contributed by atoms with Gasteiger partial charge in [0.15, 0.2) is 0 Å². The van der Waals surface area contributed by atoms with Crippen molar-refractivity contribution in [2.24, 2.45) is 0 Å². The highest BCUT2D eigenvalue weighted by Gasteiger charge is 2.35. The minimum absolute atomic E-state index is 0.0420. The van der Waals surface area contributed by atoms with Crippen LogP contribution in [0.1, 0.15) is 36.4 Å². The average molecular weight is 500 g/mol. The van der Waals surface area contributed by atoms with Crippen LogP contribution in [0.4, 0.5) is 19.1 Å². The Hall–Kier alpha value is -2.73. The summed E-state index contributed by atoms with van der Waals surface area (Å²) in [6, 6.07) is 0.849. The molecule has 13 heteroatoms. The molecule has 1 unspecified atom stereocenters. The molecule has 2 aromatic heterocycles. The molecular weight excluding hydrogens is 475 g/mol. The predicted molar refractivity (Wildman–Crippen MR) is 119 cm³/mol. The first-order valence-corrected chi connectivity index (χ1v) is 11.5. The first kappa shape index (κ1) is 24.4. The number of aromatic amines is 1. The van der Waals surface area contributed by atoms with Crippen LogP contribution in [0.5, 0.6) is 0 Å². The molecule has 0 spiro atoms. The molecule has 0 bridgehead atoms. The monoisotopic (exact) mass is 499 g/mol. The third-order valence-corrected chi connectivity index (χ3v) is 6.41. The van der Waals surface area contributed by atoms with Gasteiger partial charge in [-0.05, 0) is 25.5 Å². The maximum atomic E-state index is 13.1. The van der Waals surface area contributed by atoms with E-state index in [1.165, 1.54) is 0 Å². The number of carbonyl (C=O) groups excluding carboxylic acids is 1. The number of likely N-dealkylation sites (tertiary alicyclic amines) is 1. The zero-order chi connectivity index (χ0) is 24.3. The van der Waals surface area contributed by atoms with Crippen LogP contribution in [0, 0.1) is 0 Å². The molecule has 1 amide bonds. The van der Waals surface area contributed by atoms with Gasteiger partial charge in [0.2, 0.25) is 11.9 Å². The second-order valence-electron chi connectivity index (χ2n) is 8.49. The minimum atomic E-state index is -4.73. The Bertz CT molecular complexity index is 1060. The van der Waals surface area contributed by atoms with Gasteiger partial charge >= 0.3 is 6.18 Å². The molecular formula is C21H25ClF3N7O2. The lowest BCUT2D eigenvalue weighted by Crippen LogP contribution is -2.50. The fraction of sp³-hybridized carbons (Fsp3) is 0.571. The fourth-order valence-corrected chi connectivity index (χ4v) is 4.48. The van der Waals surface area contributed by atoms with Crippen LogP contribution >= 0.6 is 11.6 Å². The third-order valence-electron chi connectivity index (χ3n) is 6.22. The first-order valence-electron chi connectivity index (χ1n) is 11.1. The largest absolute Gasteiger partial charge is 0.421 e. The molecule has 1 atom stereocenters. The number of H-pyrrole nitrogens is 1. The smallest absolute Gasteiger partial charge is 0.339 e. The Morgan fingerprint density at radius 3 is 2.53 bits per heavy atom. The summed E-state index contributed by atoms with van der Waals surface area (Å²) >= 11 is 5.83. The Kier molecular flexibility index (Phi) is 7.36. The predicted octanol–water partition coefficient (Wildman–Crippen LogP) is 2.15. The highest BCUT2D eigenvalue weighted by Crippen LogP contribution is 2.30. The highest BCUT2D eigenvalue weighted by molar-refractivity contribution is 6.30. The molecule has 2 aliphatic heterocycles. The first-order chi connectivity index (χ1) is 16.2. The number of hydrogen-bond acceptors (Lipinski definition) is 7. The van der Waals surface area contributed by atoms with E-state index >= 15 is 0 Å². The summed E-state index contributed by atoms with van der Waals surface area (Å²) < 4.78 is 39.2. The van der Waals surface area contributed by atoms with Crippen LogP contribution in [0.25, 0.3) is 0 Å². The SMILES string of the molecule is O=C(CCN1CCCC(c2cc(C(F)(F)F)c(=O)[nH]n2)C1)N1CCN(c2ncc(Cl)cn2)CC1. The van der Waals surface area contributed by atoms with Gasteiger partial charge < -0.3 is 14.7 Å². The minimum Gasteiger partial charge on any atom is -0.339 e. The lowest BCUT2D eigenvalue weighted by molar-refractivity contribution is -0.139. The number of rotatable bonds is 5. The number of aromatic nitrogens is 4. The van der Waals surface area contributed by atoms with Crippen molar-refractivity contribution in [3.8, 4) is 0 Å². The van der Waals surface area contributed by atoms with E-state index < -0.39 is 17.3 Å². The maximum absolute atomic E-state index is 13.1. The van der Waals surface area contributed by atoms with Gasteiger partial charge in [0.05, 0.1) is 23.1 Å². The van der Waals surface area contributed by atoms with Crippen molar-refractivity contribution in [3.05, 3.63) is 45.1 Å². The molecule has 9 nitrogen and oxygen atoms in total. The number of amides is 1. The van der Waals surface area contributed by atoms with Crippen molar-refractivity contribution < 1.29 is 18.0 Å². The molecule has 2 saturated heterocycles. The number of carbonyl (C=O) groups is 1. The Morgan fingerprint density at radius 1 is 1.15 bits per heavy atom. The van der Waals surface area contributed by atoms with Gasteiger partial charge in [-0.3, -0.25) is 9.59 Å². The summed E-state index contributed by atoms with van der Waals surface area (Å²) in [6.45, 7) is 4.15. The number of nitrogens with zero attached hydrogens (tertiary/aromatic N) is 6. The summed E-state index contributed by atoms with van der Waals surface area (Å²) in [4.78, 5) is 38.5. The second kappa shape index (κ2) is 10.3. The zero-order valence-corrected chi connectivity index (χ0v) is 19.1. The normalized spacial score (nSPS) is 19.9. The summed E-state index contributed by atoms with van der Waals surface area (Å²) in [7, 11) is 0. The van der Waals surface area contributed by atoms with E-state index in [9.17, 15) is 22.8 Å². The number of anilines is 1. The van der Waals surface area contributed by atoms with Gasteiger partial charge in [0.1, 0.15) is 5.56 Å². The molecule has 0 aliphatic carbocycles. The second-order valence-corrected chi connectivity index (χ2v) is 8.93. The number of piperidine rings is 1. The van der Waals surface area contributed by atoms with E-state index in [1.54, 1.807) is 12.4 Å². The number of piperazine rings is 1. The highest BCUT2D eigenvalue weighted by atomic mass is 35.5. The van der Waals surface area contributed by atoms with Gasteiger partial charge in [-0.15, -0.1) is 0 Å². The number of halogens is 4. The Balaban J connectivity index is 1.27. The summed E-state index contributed by atoms with van der Waals surface area (Å²) in [6.07, 6.45) is 0.142. The van der Waals surface area contributed by atoms with E-state index in [0.717, 1.165) is 19.0 Å². The Labute approximate surface area is 198 Å². The van der Waals surface area contributed by atoms with Gasteiger partial charge in [0.25, 0.3) is 5.56 Å². The van der Waals surface area contributed by atoms with Crippen LogP contribution in [0.15, 0.2) is 23.3 Å². The van der Waals surface area contributed by atoms with E-state index in [2.05, 4.69) is 20.0 Å². The van der Waals surface area contributed by atoms with E-state index in [-0.39, 0.29) is 17.5 Å². The molecule has 4 rings (SSSR count). The van der Waals surface area contributed by atoms with Gasteiger partial charge in [-0.25, -0.2) is 15.1 Å². The van der Waals surface area contributed by atoms with Crippen molar-refractivity contribution in [2.75, 3.05) is 50.7 Å². The molecule has 2 fully saturated rings. The molecule has 0 aromatic carbocycles. The standard InChI is InChI=1S/C21H25ClF3N7O2/c22-15-11-26-20(27-12-15)32-8-6-31(7-9-32)18(33)3-5-30-4-1-2-14(13-30)17-10-16(21(23,24)25)19(34)29-28-17/h10-12,14H,1-9,13H2,(H,29,34). The molecule has 34 heavy (non-hydrogen) atoms. The van der Waals surface area contributed by atoms with Crippen LogP contribution in [-0.4, -0.2) is 81.7 Å². The van der Waals surface area contributed by atoms with E-state index in [1.807, 2.05) is 14.9 Å². The van der Waals surface area contributed by atoms with Crippen molar-refractivity contribution in [1.29, 1.82) is 0 Å². The van der Waals surface area contributed by atoms with Crippen LogP contribution < -0.4 is 10.5 Å². The van der Waals surface area contributed by atoms with Gasteiger partial charge in [-0.1, -0.05) is 11.6 Å². The molecule has 184 valence electrons. The fourth-order valence-electron chi connectivity index (χ4n) is 4.38. The van der Waals surface area contributed by atoms with E-state index in [4.69, 9.17) is 11.6 Å². The molecule has 1 N–H and O–H groups in total. The topological polar surface area (TPSA) is 98.3 Å².